The van der Waals surface area contributed by atoms with E-state index < -0.39 is 0 Å². The first-order valence-corrected chi connectivity index (χ1v) is 8.05. The second-order valence-electron chi connectivity index (χ2n) is 5.77. The Morgan fingerprint density at radius 2 is 2.41 bits per heavy atom. The van der Waals surface area contributed by atoms with E-state index in [4.69, 9.17) is 16.3 Å². The van der Waals surface area contributed by atoms with Crippen LogP contribution in [-0.4, -0.2) is 40.7 Å². The molecular weight excluding hydrogens is 298 g/mol. The molecule has 0 saturated carbocycles. The van der Waals surface area contributed by atoms with E-state index in [-0.39, 0.29) is 0 Å². The SMILES string of the molecule is ClC1=CC(c2c[nH]c3ncccc23)=CCN1CC1CCCO1. The summed E-state index contributed by atoms with van der Waals surface area (Å²) in [4.78, 5) is 9.72. The van der Waals surface area contributed by atoms with Crippen molar-refractivity contribution >= 4 is 28.2 Å². The number of aromatic nitrogens is 2. The Morgan fingerprint density at radius 3 is 3.23 bits per heavy atom. The van der Waals surface area contributed by atoms with Crippen molar-refractivity contribution in [2.75, 3.05) is 19.7 Å². The van der Waals surface area contributed by atoms with Crippen molar-refractivity contribution in [3.8, 4) is 0 Å². The smallest absolute Gasteiger partial charge is 0.137 e. The molecule has 4 rings (SSSR count). The van der Waals surface area contributed by atoms with Gasteiger partial charge in [-0.3, -0.25) is 0 Å². The lowest BCUT2D eigenvalue weighted by atomic mass is 10.0. The van der Waals surface area contributed by atoms with E-state index in [0.29, 0.717) is 6.10 Å². The van der Waals surface area contributed by atoms with Crippen molar-refractivity contribution in [3.63, 3.8) is 0 Å². The van der Waals surface area contributed by atoms with E-state index in [0.717, 1.165) is 59.9 Å². The second kappa shape index (κ2) is 5.78. The number of ether oxygens (including phenoxy) is 1. The summed E-state index contributed by atoms with van der Waals surface area (Å²) in [5.74, 6) is 0. The maximum absolute atomic E-state index is 6.49. The van der Waals surface area contributed by atoms with Gasteiger partial charge < -0.3 is 14.6 Å². The molecule has 0 aromatic carbocycles. The predicted molar refractivity (Wildman–Crippen MR) is 88.6 cm³/mol. The molecule has 0 spiro atoms. The fourth-order valence-electron chi connectivity index (χ4n) is 3.15. The summed E-state index contributed by atoms with van der Waals surface area (Å²) in [5.41, 5.74) is 3.20. The lowest BCUT2D eigenvalue weighted by Gasteiger charge is -2.28. The van der Waals surface area contributed by atoms with Crippen LogP contribution in [0.4, 0.5) is 0 Å². The maximum atomic E-state index is 6.49. The van der Waals surface area contributed by atoms with Crippen molar-refractivity contribution in [1.82, 2.24) is 14.9 Å². The molecule has 0 aliphatic carbocycles. The van der Waals surface area contributed by atoms with Crippen molar-refractivity contribution in [3.05, 3.63) is 47.4 Å². The molecule has 1 atom stereocenters. The van der Waals surface area contributed by atoms with Gasteiger partial charge in [-0.15, -0.1) is 0 Å². The number of nitrogens with zero attached hydrogens (tertiary/aromatic N) is 2. The first-order chi connectivity index (χ1) is 10.8. The van der Waals surface area contributed by atoms with Crippen LogP contribution in [0.1, 0.15) is 18.4 Å². The summed E-state index contributed by atoms with van der Waals surface area (Å²) >= 11 is 6.49. The minimum atomic E-state index is 0.314. The molecule has 2 aromatic rings. The van der Waals surface area contributed by atoms with E-state index >= 15 is 0 Å². The Morgan fingerprint density at radius 1 is 1.45 bits per heavy atom. The lowest BCUT2D eigenvalue weighted by Crippen LogP contribution is -2.31. The molecule has 22 heavy (non-hydrogen) atoms. The minimum absolute atomic E-state index is 0.314. The molecule has 1 N–H and O–H groups in total. The van der Waals surface area contributed by atoms with Crippen molar-refractivity contribution in [1.29, 1.82) is 0 Å². The Labute approximate surface area is 134 Å². The molecule has 2 aliphatic rings. The van der Waals surface area contributed by atoms with Crippen LogP contribution in [0.2, 0.25) is 0 Å². The molecule has 1 saturated heterocycles. The average molecular weight is 316 g/mol. The number of nitrogens with one attached hydrogen (secondary N) is 1. The summed E-state index contributed by atoms with van der Waals surface area (Å²) in [6.45, 7) is 2.56. The first kappa shape index (κ1) is 13.9. The number of allylic oxidation sites excluding steroid dienone is 2. The molecule has 1 unspecified atom stereocenters. The predicted octanol–water partition coefficient (Wildman–Crippen LogP) is 3.52. The highest BCUT2D eigenvalue weighted by Gasteiger charge is 2.22. The van der Waals surface area contributed by atoms with Gasteiger partial charge in [-0.25, -0.2) is 4.98 Å². The molecule has 2 aromatic heterocycles. The minimum Gasteiger partial charge on any atom is -0.376 e. The molecule has 2 aliphatic heterocycles. The van der Waals surface area contributed by atoms with Gasteiger partial charge in [0, 0.05) is 43.0 Å². The number of aromatic amines is 1. The molecule has 0 amide bonds. The van der Waals surface area contributed by atoms with Crippen molar-refractivity contribution in [2.45, 2.75) is 18.9 Å². The summed E-state index contributed by atoms with van der Waals surface area (Å²) in [6.07, 6.45) is 10.7. The van der Waals surface area contributed by atoms with Gasteiger partial charge in [0.15, 0.2) is 0 Å². The molecular formula is C17H18ClN3O. The summed E-state index contributed by atoms with van der Waals surface area (Å²) < 4.78 is 5.70. The van der Waals surface area contributed by atoms with E-state index in [9.17, 15) is 0 Å². The topological polar surface area (TPSA) is 41.2 Å². The van der Waals surface area contributed by atoms with Gasteiger partial charge in [0.2, 0.25) is 0 Å². The number of H-pyrrole nitrogens is 1. The number of hydrogen-bond acceptors (Lipinski definition) is 3. The van der Waals surface area contributed by atoms with Crippen LogP contribution in [0.25, 0.3) is 16.6 Å². The van der Waals surface area contributed by atoms with Crippen LogP contribution in [0.3, 0.4) is 0 Å². The van der Waals surface area contributed by atoms with Gasteiger partial charge in [0.05, 0.1) is 6.10 Å². The highest BCUT2D eigenvalue weighted by molar-refractivity contribution is 6.30. The monoisotopic (exact) mass is 315 g/mol. The van der Waals surface area contributed by atoms with Crippen LogP contribution in [0.15, 0.2) is 41.8 Å². The van der Waals surface area contributed by atoms with Gasteiger partial charge in [-0.2, -0.15) is 0 Å². The lowest BCUT2D eigenvalue weighted by molar-refractivity contribution is 0.0878. The zero-order valence-corrected chi connectivity index (χ0v) is 13.0. The Kier molecular flexibility index (Phi) is 3.64. The van der Waals surface area contributed by atoms with Gasteiger partial charge in [-0.1, -0.05) is 17.7 Å². The quantitative estimate of drug-likeness (QED) is 0.881. The third kappa shape index (κ3) is 2.53. The zero-order valence-electron chi connectivity index (χ0n) is 12.3. The maximum Gasteiger partial charge on any atom is 0.137 e. The zero-order chi connectivity index (χ0) is 14.9. The van der Waals surface area contributed by atoms with Crippen LogP contribution < -0.4 is 0 Å². The Hall–Kier alpha value is -1.78. The molecule has 5 heteroatoms. The van der Waals surface area contributed by atoms with Crippen LogP contribution in [-0.2, 0) is 4.74 Å². The molecule has 4 heterocycles. The van der Waals surface area contributed by atoms with E-state index in [2.05, 4.69) is 27.0 Å². The van der Waals surface area contributed by atoms with Crippen molar-refractivity contribution in [2.24, 2.45) is 0 Å². The first-order valence-electron chi connectivity index (χ1n) is 7.67. The van der Waals surface area contributed by atoms with Crippen LogP contribution in [0.5, 0.6) is 0 Å². The highest BCUT2D eigenvalue weighted by atomic mass is 35.5. The Bertz CT molecular complexity index is 743. The molecule has 114 valence electrons. The molecule has 1 fully saturated rings. The van der Waals surface area contributed by atoms with Gasteiger partial charge >= 0.3 is 0 Å². The number of pyridine rings is 1. The average Bonchev–Trinajstić information content (AvgIpc) is 3.18. The largest absolute Gasteiger partial charge is 0.376 e. The third-order valence-electron chi connectivity index (χ3n) is 4.32. The fraction of sp³-hybridized carbons (Fsp3) is 0.353. The van der Waals surface area contributed by atoms with E-state index in [1.54, 1.807) is 6.20 Å². The Balaban J connectivity index is 1.56. The second-order valence-corrected chi connectivity index (χ2v) is 6.16. The van der Waals surface area contributed by atoms with Crippen molar-refractivity contribution < 1.29 is 4.74 Å². The molecule has 0 bridgehead atoms. The van der Waals surface area contributed by atoms with E-state index in [1.165, 1.54) is 0 Å². The normalized spacial score (nSPS) is 22.0. The standard InChI is InChI=1S/C17H18ClN3O/c18-16-9-12(5-7-21(16)11-13-3-2-8-22-13)15-10-20-17-14(15)4-1-6-19-17/h1,4-6,9-10,13H,2-3,7-8,11H2,(H,19,20). The number of fused-ring (bicyclic) bond motifs is 1. The van der Waals surface area contributed by atoms with Crippen LogP contribution in [0, 0.1) is 0 Å². The number of hydrogen-bond donors (Lipinski definition) is 1. The highest BCUT2D eigenvalue weighted by Crippen LogP contribution is 2.30. The van der Waals surface area contributed by atoms with Gasteiger partial charge in [-0.05, 0) is 36.6 Å². The van der Waals surface area contributed by atoms with E-state index in [1.807, 2.05) is 18.3 Å². The van der Waals surface area contributed by atoms with Gasteiger partial charge in [0.1, 0.15) is 10.8 Å². The molecule has 4 nitrogen and oxygen atoms in total. The number of rotatable bonds is 3. The van der Waals surface area contributed by atoms with Crippen LogP contribution >= 0.6 is 11.6 Å². The third-order valence-corrected chi connectivity index (χ3v) is 4.67. The summed E-state index contributed by atoms with van der Waals surface area (Å²) in [6, 6.07) is 4.04. The fourth-order valence-corrected chi connectivity index (χ4v) is 3.41. The number of halogens is 1. The molecule has 0 radical (unpaired) electrons. The summed E-state index contributed by atoms with van der Waals surface area (Å²) in [5, 5.41) is 1.91. The van der Waals surface area contributed by atoms with Gasteiger partial charge in [0.25, 0.3) is 0 Å². The summed E-state index contributed by atoms with van der Waals surface area (Å²) in [7, 11) is 0.